The number of esters is 1. The molecule has 0 aliphatic heterocycles. The molecule has 10 nitrogen and oxygen atoms in total. The third-order valence-electron chi connectivity index (χ3n) is 4.17. The summed E-state index contributed by atoms with van der Waals surface area (Å²) in [6.45, 7) is 3.27. The van der Waals surface area contributed by atoms with Crippen molar-refractivity contribution in [2.24, 2.45) is 11.0 Å². The van der Waals surface area contributed by atoms with E-state index in [1.165, 1.54) is 29.8 Å². The van der Waals surface area contributed by atoms with Crippen molar-refractivity contribution >= 4 is 11.9 Å². The molecule has 10 heteroatoms. The van der Waals surface area contributed by atoms with E-state index in [9.17, 15) is 19.2 Å². The molecule has 0 saturated heterocycles. The summed E-state index contributed by atoms with van der Waals surface area (Å²) >= 11 is 0. The number of rotatable bonds is 8. The maximum Gasteiger partial charge on any atom is 0.338 e. The number of aryl methyl sites for hydroxylation is 1. The second-order valence-electron chi connectivity index (χ2n) is 6.35. The van der Waals surface area contributed by atoms with Crippen LogP contribution in [0.3, 0.4) is 0 Å². The molecule has 152 valence electrons. The van der Waals surface area contributed by atoms with E-state index in [4.69, 9.17) is 10.3 Å². The monoisotopic (exact) mass is 399 g/mol. The summed E-state index contributed by atoms with van der Waals surface area (Å²) in [5.41, 5.74) is 7.42. The lowest BCUT2D eigenvalue weighted by molar-refractivity contribution is -0.144. The van der Waals surface area contributed by atoms with Crippen molar-refractivity contribution in [1.29, 1.82) is 0 Å². The van der Waals surface area contributed by atoms with Crippen molar-refractivity contribution in [1.82, 2.24) is 9.13 Å². The van der Waals surface area contributed by atoms with E-state index in [0.717, 1.165) is 0 Å². The van der Waals surface area contributed by atoms with Gasteiger partial charge in [0.05, 0.1) is 13.0 Å². The van der Waals surface area contributed by atoms with Gasteiger partial charge in [-0.3, -0.25) is 19.0 Å². The molecule has 1 atom stereocenters. The van der Waals surface area contributed by atoms with Crippen molar-refractivity contribution in [3.8, 4) is 0 Å². The maximum absolute atomic E-state index is 12.9. The summed E-state index contributed by atoms with van der Waals surface area (Å²) in [5.74, 6) is -1.78. The molecule has 0 saturated carbocycles. The second kappa shape index (κ2) is 10.0. The maximum atomic E-state index is 12.9. The van der Waals surface area contributed by atoms with Gasteiger partial charge >= 0.3 is 11.7 Å². The molecule has 1 aromatic carbocycles. The van der Waals surface area contributed by atoms with Gasteiger partial charge in [-0.25, -0.2) is 4.79 Å². The SMILES string of the molecule is CCOC(=O)C[C@H](CN=[N+]=[N-])Cn1cc(C)c(=O)n(C(=O)c2ccccc2)c1=O. The van der Waals surface area contributed by atoms with Crippen LogP contribution in [0.1, 0.15) is 29.3 Å². The van der Waals surface area contributed by atoms with Gasteiger partial charge < -0.3 is 4.74 Å². The largest absolute Gasteiger partial charge is 0.466 e. The fourth-order valence-electron chi connectivity index (χ4n) is 2.83. The van der Waals surface area contributed by atoms with Gasteiger partial charge in [0.1, 0.15) is 0 Å². The molecule has 0 N–H and O–H groups in total. The zero-order chi connectivity index (χ0) is 21.4. The molecule has 2 rings (SSSR count). The first-order valence-corrected chi connectivity index (χ1v) is 8.98. The van der Waals surface area contributed by atoms with Crippen LogP contribution in [0.15, 0.2) is 51.2 Å². The van der Waals surface area contributed by atoms with Crippen molar-refractivity contribution < 1.29 is 14.3 Å². The first-order chi connectivity index (χ1) is 13.9. The minimum absolute atomic E-state index is 0.0279. The predicted octanol–water partition coefficient (Wildman–Crippen LogP) is 1.89. The van der Waals surface area contributed by atoms with Crippen LogP contribution in [0, 0.1) is 12.8 Å². The average Bonchev–Trinajstić information content (AvgIpc) is 2.71. The van der Waals surface area contributed by atoms with Crippen molar-refractivity contribution in [3.63, 3.8) is 0 Å². The first-order valence-electron chi connectivity index (χ1n) is 8.98. The summed E-state index contributed by atoms with van der Waals surface area (Å²) in [7, 11) is 0. The summed E-state index contributed by atoms with van der Waals surface area (Å²) < 4.78 is 6.66. The fraction of sp³-hybridized carbons (Fsp3) is 0.368. The molecular formula is C19H21N5O5. The topological polar surface area (TPSA) is 136 Å². The van der Waals surface area contributed by atoms with E-state index in [-0.39, 0.29) is 37.2 Å². The molecule has 0 aliphatic carbocycles. The number of carbonyl (C=O) groups is 2. The Hall–Kier alpha value is -3.65. The molecule has 0 unspecified atom stereocenters. The van der Waals surface area contributed by atoms with Gasteiger partial charge in [-0.2, -0.15) is 4.57 Å². The molecular weight excluding hydrogens is 378 g/mol. The number of hydrogen-bond donors (Lipinski definition) is 0. The normalized spacial score (nSPS) is 11.4. The quantitative estimate of drug-likeness (QED) is 0.289. The molecule has 0 radical (unpaired) electrons. The van der Waals surface area contributed by atoms with Crippen LogP contribution in [-0.2, 0) is 16.1 Å². The van der Waals surface area contributed by atoms with Crippen LogP contribution < -0.4 is 11.2 Å². The zero-order valence-corrected chi connectivity index (χ0v) is 16.1. The number of benzene rings is 1. The van der Waals surface area contributed by atoms with E-state index in [1.807, 2.05) is 0 Å². The third kappa shape index (κ3) is 5.43. The van der Waals surface area contributed by atoms with Crippen molar-refractivity contribution in [2.45, 2.75) is 26.8 Å². The molecule has 29 heavy (non-hydrogen) atoms. The molecule has 1 heterocycles. The smallest absolute Gasteiger partial charge is 0.338 e. The molecule has 1 aromatic heterocycles. The molecule has 0 fully saturated rings. The van der Waals surface area contributed by atoms with Gasteiger partial charge in [-0.1, -0.05) is 23.3 Å². The van der Waals surface area contributed by atoms with Gasteiger partial charge in [0.25, 0.3) is 11.5 Å². The summed E-state index contributed by atoms with van der Waals surface area (Å²) in [6, 6.07) is 7.98. The highest BCUT2D eigenvalue weighted by atomic mass is 16.5. The van der Waals surface area contributed by atoms with E-state index >= 15 is 0 Å². The number of aromatic nitrogens is 2. The zero-order valence-electron chi connectivity index (χ0n) is 16.1. The first kappa shape index (κ1) is 21.6. The Morgan fingerprint density at radius 1 is 1.24 bits per heavy atom. The Morgan fingerprint density at radius 3 is 2.55 bits per heavy atom. The Balaban J connectivity index is 2.44. The number of azide groups is 1. The highest BCUT2D eigenvalue weighted by Gasteiger charge is 2.20. The lowest BCUT2D eigenvalue weighted by atomic mass is 10.1. The molecule has 0 bridgehead atoms. The van der Waals surface area contributed by atoms with Gasteiger partial charge in [-0.05, 0) is 37.4 Å². The number of carbonyl (C=O) groups excluding carboxylic acids is 2. The lowest BCUT2D eigenvalue weighted by Gasteiger charge is -2.17. The number of nitrogens with zero attached hydrogens (tertiary/aromatic N) is 5. The summed E-state index contributed by atoms with van der Waals surface area (Å²) in [4.78, 5) is 52.6. The number of hydrogen-bond acceptors (Lipinski definition) is 6. The standard InChI is InChI=1S/C19H21N5O5/c1-3-29-16(25)9-14(10-21-22-20)12-23-11-13(2)17(26)24(19(23)28)18(27)15-7-5-4-6-8-15/h4-8,11,14H,3,9-10,12H2,1-2H3/t14-/m1/s1. The van der Waals surface area contributed by atoms with E-state index in [0.29, 0.717) is 4.57 Å². The van der Waals surface area contributed by atoms with Crippen LogP contribution in [0.2, 0.25) is 0 Å². The van der Waals surface area contributed by atoms with E-state index in [2.05, 4.69) is 10.0 Å². The lowest BCUT2D eigenvalue weighted by Crippen LogP contribution is -2.45. The molecule has 0 spiro atoms. The Labute approximate surface area is 166 Å². The van der Waals surface area contributed by atoms with Gasteiger partial charge in [0.2, 0.25) is 0 Å². The van der Waals surface area contributed by atoms with E-state index in [1.54, 1.807) is 25.1 Å². The molecule has 0 aliphatic rings. The van der Waals surface area contributed by atoms with Crippen LogP contribution in [-0.4, -0.2) is 34.2 Å². The van der Waals surface area contributed by atoms with Crippen molar-refractivity contribution in [3.05, 3.63) is 78.9 Å². The predicted molar refractivity (Wildman–Crippen MR) is 105 cm³/mol. The van der Waals surface area contributed by atoms with Crippen LogP contribution >= 0.6 is 0 Å². The molecule has 0 amide bonds. The average molecular weight is 399 g/mol. The highest BCUT2D eigenvalue weighted by Crippen LogP contribution is 2.09. The Bertz CT molecular complexity index is 1050. The van der Waals surface area contributed by atoms with Gasteiger partial charge in [0, 0.05) is 35.3 Å². The minimum atomic E-state index is -0.829. The minimum Gasteiger partial charge on any atom is -0.466 e. The third-order valence-corrected chi connectivity index (χ3v) is 4.17. The van der Waals surface area contributed by atoms with Crippen molar-refractivity contribution in [2.75, 3.05) is 13.2 Å². The number of ether oxygens (including phenoxy) is 1. The summed E-state index contributed by atoms with van der Waals surface area (Å²) in [6.07, 6.45) is 1.25. The molecule has 2 aromatic rings. The second-order valence-corrected chi connectivity index (χ2v) is 6.35. The van der Waals surface area contributed by atoms with Gasteiger partial charge in [-0.15, -0.1) is 0 Å². The Morgan fingerprint density at radius 2 is 1.93 bits per heavy atom. The van der Waals surface area contributed by atoms with Gasteiger partial charge in [0.15, 0.2) is 0 Å². The highest BCUT2D eigenvalue weighted by molar-refractivity contribution is 5.95. The summed E-state index contributed by atoms with van der Waals surface area (Å²) in [5, 5.41) is 3.48. The van der Waals surface area contributed by atoms with Crippen LogP contribution in [0.5, 0.6) is 0 Å². The van der Waals surface area contributed by atoms with Crippen LogP contribution in [0.25, 0.3) is 10.4 Å². The fourth-order valence-corrected chi connectivity index (χ4v) is 2.83. The Kier molecular flexibility index (Phi) is 7.50. The van der Waals surface area contributed by atoms with E-state index < -0.39 is 29.0 Å². The van der Waals surface area contributed by atoms with Crippen LogP contribution in [0.4, 0.5) is 0 Å².